The normalized spacial score (nSPS) is 15.9. The van der Waals surface area contributed by atoms with Gasteiger partial charge in [0.05, 0.1) is 12.8 Å². The summed E-state index contributed by atoms with van der Waals surface area (Å²) in [5.74, 6) is 0.232. The molecule has 3 rings (SSSR count). The number of rotatable bonds is 6. The molecular formula is C22H27BrN2O4S. The van der Waals surface area contributed by atoms with Crippen LogP contribution in [0.3, 0.4) is 0 Å². The average molecular weight is 495 g/mol. The van der Waals surface area contributed by atoms with Crippen molar-refractivity contribution >= 4 is 37.5 Å². The molecule has 0 bridgehead atoms. The van der Waals surface area contributed by atoms with E-state index in [0.29, 0.717) is 37.4 Å². The molecule has 0 atom stereocenters. The molecule has 1 saturated heterocycles. The summed E-state index contributed by atoms with van der Waals surface area (Å²) in [6.45, 7) is 4.64. The Balaban J connectivity index is 1.72. The topological polar surface area (TPSA) is 75.7 Å². The first-order chi connectivity index (χ1) is 14.2. The summed E-state index contributed by atoms with van der Waals surface area (Å²) in [7, 11) is -2.23. The van der Waals surface area contributed by atoms with Gasteiger partial charge in [0, 0.05) is 23.5 Å². The summed E-state index contributed by atoms with van der Waals surface area (Å²) in [6, 6.07) is 12.7. The Labute approximate surface area is 186 Å². The van der Waals surface area contributed by atoms with Gasteiger partial charge in [0.15, 0.2) is 0 Å². The van der Waals surface area contributed by atoms with E-state index in [1.807, 2.05) is 44.2 Å². The number of halogens is 1. The highest BCUT2D eigenvalue weighted by molar-refractivity contribution is 9.10. The van der Waals surface area contributed by atoms with Crippen LogP contribution in [0.15, 0.2) is 51.8 Å². The van der Waals surface area contributed by atoms with Gasteiger partial charge >= 0.3 is 0 Å². The molecule has 0 spiro atoms. The number of hydrogen-bond donors (Lipinski definition) is 1. The van der Waals surface area contributed by atoms with E-state index >= 15 is 0 Å². The largest absolute Gasteiger partial charge is 0.495 e. The third-order valence-corrected chi connectivity index (χ3v) is 8.04. The Morgan fingerprint density at radius 2 is 1.83 bits per heavy atom. The van der Waals surface area contributed by atoms with Crippen LogP contribution in [0.5, 0.6) is 5.75 Å². The zero-order chi connectivity index (χ0) is 21.9. The van der Waals surface area contributed by atoms with Crippen LogP contribution in [0.4, 0.5) is 5.69 Å². The lowest BCUT2D eigenvalue weighted by Crippen LogP contribution is -2.41. The first-order valence-electron chi connectivity index (χ1n) is 9.97. The summed E-state index contributed by atoms with van der Waals surface area (Å²) >= 11 is 3.43. The van der Waals surface area contributed by atoms with Crippen molar-refractivity contribution in [2.24, 2.45) is 5.92 Å². The smallest absolute Gasteiger partial charge is 0.246 e. The lowest BCUT2D eigenvalue weighted by atomic mass is 9.97. The van der Waals surface area contributed by atoms with Gasteiger partial charge in [-0.25, -0.2) is 8.42 Å². The van der Waals surface area contributed by atoms with Crippen molar-refractivity contribution in [3.05, 3.63) is 52.5 Å². The quantitative estimate of drug-likeness (QED) is 0.635. The Bertz CT molecular complexity index is 1020. The number of hydrogen-bond acceptors (Lipinski definition) is 4. The Kier molecular flexibility index (Phi) is 7.21. The molecule has 30 heavy (non-hydrogen) atoms. The predicted octanol–water partition coefficient (Wildman–Crippen LogP) is 4.62. The monoisotopic (exact) mass is 494 g/mol. The number of carbonyl (C=O) groups excluding carboxylic acids is 1. The molecule has 6 nitrogen and oxygen atoms in total. The first-order valence-corrected chi connectivity index (χ1v) is 12.2. The van der Waals surface area contributed by atoms with Crippen molar-refractivity contribution in [1.29, 1.82) is 0 Å². The van der Waals surface area contributed by atoms with Crippen molar-refractivity contribution in [3.63, 3.8) is 0 Å². The highest BCUT2D eigenvalue weighted by Gasteiger charge is 2.34. The molecule has 0 aromatic heterocycles. The van der Waals surface area contributed by atoms with Crippen LogP contribution in [-0.2, 0) is 14.8 Å². The highest BCUT2D eigenvalue weighted by Crippen LogP contribution is 2.33. The number of nitrogens with zero attached hydrogens (tertiary/aromatic N) is 1. The molecule has 2 aromatic rings. The fourth-order valence-corrected chi connectivity index (χ4v) is 5.59. The van der Waals surface area contributed by atoms with Gasteiger partial charge in [-0.2, -0.15) is 4.31 Å². The second-order valence-electron chi connectivity index (χ2n) is 7.71. The number of para-hydroxylation sites is 1. The molecule has 1 aliphatic heterocycles. The molecule has 1 heterocycles. The van der Waals surface area contributed by atoms with Crippen molar-refractivity contribution in [3.8, 4) is 5.75 Å². The number of ether oxygens (including phenoxy) is 1. The van der Waals surface area contributed by atoms with Gasteiger partial charge in [-0.15, -0.1) is 0 Å². The maximum absolute atomic E-state index is 13.3. The molecule has 0 aliphatic carbocycles. The van der Waals surface area contributed by atoms with Gasteiger partial charge in [0.25, 0.3) is 0 Å². The highest BCUT2D eigenvalue weighted by atomic mass is 79.9. The minimum absolute atomic E-state index is 0.0849. The van der Waals surface area contributed by atoms with Crippen LogP contribution in [0.2, 0.25) is 0 Å². The summed E-state index contributed by atoms with van der Waals surface area (Å²) < 4.78 is 34.2. The van der Waals surface area contributed by atoms with Gasteiger partial charge < -0.3 is 10.1 Å². The van der Waals surface area contributed by atoms with Crippen LogP contribution in [0, 0.1) is 5.92 Å². The van der Waals surface area contributed by atoms with Crippen LogP contribution < -0.4 is 10.1 Å². The third-order valence-electron chi connectivity index (χ3n) is 5.43. The molecule has 0 saturated carbocycles. The van der Waals surface area contributed by atoms with Crippen molar-refractivity contribution in [1.82, 2.24) is 4.31 Å². The molecular weight excluding hydrogens is 468 g/mol. The fourth-order valence-electron chi connectivity index (χ4n) is 3.55. The number of piperidine rings is 1. The van der Waals surface area contributed by atoms with E-state index in [0.717, 1.165) is 10.0 Å². The molecule has 1 aliphatic rings. The molecule has 2 aromatic carbocycles. The Hall–Kier alpha value is -1.90. The summed E-state index contributed by atoms with van der Waals surface area (Å²) in [5, 5.41) is 2.93. The van der Waals surface area contributed by atoms with Crippen molar-refractivity contribution in [2.45, 2.75) is 37.5 Å². The fraction of sp³-hybridized carbons (Fsp3) is 0.409. The molecule has 8 heteroatoms. The number of methoxy groups -OCH3 is 1. The summed E-state index contributed by atoms with van der Waals surface area (Å²) in [4.78, 5) is 12.8. The van der Waals surface area contributed by atoms with E-state index in [9.17, 15) is 13.2 Å². The van der Waals surface area contributed by atoms with Crippen LogP contribution >= 0.6 is 15.9 Å². The third kappa shape index (κ3) is 4.87. The number of sulfonamides is 1. The Morgan fingerprint density at radius 3 is 2.43 bits per heavy atom. The second-order valence-corrected chi connectivity index (χ2v) is 10.5. The van der Waals surface area contributed by atoms with Gasteiger partial charge in [-0.05, 0) is 64.5 Å². The van der Waals surface area contributed by atoms with Crippen LogP contribution in [-0.4, -0.2) is 38.8 Å². The number of nitrogens with one attached hydrogen (secondary N) is 1. The number of anilines is 1. The SMILES string of the molecule is COc1ccc(C(C)C)cc1S(=O)(=O)N1CCC(C(=O)Nc2ccccc2Br)CC1. The second kappa shape index (κ2) is 9.49. The Morgan fingerprint density at radius 1 is 1.17 bits per heavy atom. The van der Waals surface area contributed by atoms with E-state index in [1.54, 1.807) is 12.1 Å². The van der Waals surface area contributed by atoms with E-state index in [2.05, 4.69) is 21.2 Å². The maximum Gasteiger partial charge on any atom is 0.246 e. The average Bonchev–Trinajstić information content (AvgIpc) is 2.74. The molecule has 0 radical (unpaired) electrons. The number of amides is 1. The minimum Gasteiger partial charge on any atom is -0.495 e. The van der Waals surface area contributed by atoms with Gasteiger partial charge in [-0.3, -0.25) is 4.79 Å². The van der Waals surface area contributed by atoms with E-state index in [1.165, 1.54) is 11.4 Å². The number of carbonyl (C=O) groups is 1. The van der Waals surface area contributed by atoms with Crippen molar-refractivity contribution in [2.75, 3.05) is 25.5 Å². The summed E-state index contributed by atoms with van der Waals surface area (Å²) in [5.41, 5.74) is 1.66. The standard InChI is InChI=1S/C22H27BrN2O4S/c1-15(2)17-8-9-20(29-3)21(14-17)30(27,28)25-12-10-16(11-13-25)22(26)24-19-7-5-4-6-18(19)23/h4-9,14-16H,10-13H2,1-3H3,(H,24,26). The van der Waals surface area contributed by atoms with Gasteiger partial charge in [0.2, 0.25) is 15.9 Å². The van der Waals surface area contributed by atoms with E-state index < -0.39 is 10.0 Å². The zero-order valence-electron chi connectivity index (χ0n) is 17.4. The molecule has 162 valence electrons. The lowest BCUT2D eigenvalue weighted by molar-refractivity contribution is -0.120. The molecule has 1 N–H and O–H groups in total. The van der Waals surface area contributed by atoms with Crippen molar-refractivity contribution < 1.29 is 17.9 Å². The van der Waals surface area contributed by atoms with Crippen LogP contribution in [0.25, 0.3) is 0 Å². The van der Waals surface area contributed by atoms with Gasteiger partial charge in [-0.1, -0.05) is 32.0 Å². The molecule has 0 unspecified atom stereocenters. The minimum atomic E-state index is -3.71. The first kappa shape index (κ1) is 22.8. The molecule has 1 amide bonds. The van der Waals surface area contributed by atoms with Gasteiger partial charge in [0.1, 0.15) is 10.6 Å². The van der Waals surface area contributed by atoms with E-state index in [-0.39, 0.29) is 22.6 Å². The lowest BCUT2D eigenvalue weighted by Gasteiger charge is -2.31. The maximum atomic E-state index is 13.3. The van der Waals surface area contributed by atoms with Crippen LogP contribution in [0.1, 0.15) is 38.2 Å². The zero-order valence-corrected chi connectivity index (χ0v) is 19.8. The molecule has 1 fully saturated rings. The summed E-state index contributed by atoms with van der Waals surface area (Å²) in [6.07, 6.45) is 0.948. The van der Waals surface area contributed by atoms with E-state index in [4.69, 9.17) is 4.74 Å². The number of benzene rings is 2. The predicted molar refractivity (Wildman–Crippen MR) is 121 cm³/mol.